The zero-order chi connectivity index (χ0) is 11.7. The van der Waals surface area contributed by atoms with Crippen molar-refractivity contribution in [1.29, 1.82) is 5.26 Å². The highest BCUT2D eigenvalue weighted by molar-refractivity contribution is 5.69. The molecule has 84 valence electrons. The van der Waals surface area contributed by atoms with Crippen LogP contribution in [-0.2, 0) is 0 Å². The van der Waals surface area contributed by atoms with Crippen LogP contribution in [0.5, 0.6) is 0 Å². The molecule has 2 N–H and O–H groups in total. The summed E-state index contributed by atoms with van der Waals surface area (Å²) < 4.78 is 0. The number of nitrogens with two attached hydrogens (primary N) is 1. The minimum atomic E-state index is 0.667. The van der Waals surface area contributed by atoms with Crippen molar-refractivity contribution in [1.82, 2.24) is 0 Å². The van der Waals surface area contributed by atoms with Gasteiger partial charge >= 0.3 is 0 Å². The number of anilines is 2. The summed E-state index contributed by atoms with van der Waals surface area (Å²) in [6.07, 6.45) is 1.31. The minimum Gasteiger partial charge on any atom is -0.397 e. The molecule has 0 bridgehead atoms. The van der Waals surface area contributed by atoms with Crippen molar-refractivity contribution in [3.8, 4) is 6.07 Å². The van der Waals surface area contributed by atoms with Gasteiger partial charge in [-0.25, -0.2) is 0 Å². The molecule has 3 nitrogen and oxygen atoms in total. The minimum absolute atomic E-state index is 0.667. The smallest absolute Gasteiger partial charge is 0.0992 e. The van der Waals surface area contributed by atoms with Crippen molar-refractivity contribution >= 4 is 11.4 Å². The molecule has 0 radical (unpaired) electrons. The lowest BCUT2D eigenvalue weighted by molar-refractivity contribution is 0.726. The van der Waals surface area contributed by atoms with E-state index in [0.29, 0.717) is 5.56 Å². The van der Waals surface area contributed by atoms with Crippen LogP contribution in [0.4, 0.5) is 11.4 Å². The Morgan fingerprint density at radius 3 is 2.81 bits per heavy atom. The largest absolute Gasteiger partial charge is 0.397 e. The van der Waals surface area contributed by atoms with Gasteiger partial charge in [-0.15, -0.1) is 0 Å². The molecule has 0 amide bonds. The third-order valence-corrected chi connectivity index (χ3v) is 3.36. The Labute approximate surface area is 96.5 Å². The highest BCUT2D eigenvalue weighted by Gasteiger charge is 2.33. The predicted molar refractivity (Wildman–Crippen MR) is 66.1 cm³/mol. The number of nitrogen functional groups attached to an aromatic ring is 1. The van der Waals surface area contributed by atoms with Gasteiger partial charge in [0.15, 0.2) is 0 Å². The molecule has 1 saturated carbocycles. The Bertz CT molecular complexity index is 433. The van der Waals surface area contributed by atoms with Crippen LogP contribution in [0.15, 0.2) is 18.2 Å². The summed E-state index contributed by atoms with van der Waals surface area (Å²) in [5, 5.41) is 8.86. The van der Waals surface area contributed by atoms with Gasteiger partial charge in [0.2, 0.25) is 0 Å². The standard InChI is InChI=1S/C13H17N3/c1-9-5-11(9)8-16(2)13-6-10(7-14)3-4-12(13)15/h3-4,6,9,11H,5,8,15H2,1-2H3. The van der Waals surface area contributed by atoms with E-state index in [1.807, 2.05) is 13.1 Å². The first-order valence-electron chi connectivity index (χ1n) is 5.62. The zero-order valence-corrected chi connectivity index (χ0v) is 9.77. The molecule has 2 atom stereocenters. The second-order valence-electron chi connectivity index (χ2n) is 4.74. The molecule has 0 saturated heterocycles. The van der Waals surface area contributed by atoms with E-state index in [4.69, 9.17) is 11.0 Å². The van der Waals surface area contributed by atoms with Crippen LogP contribution in [0.1, 0.15) is 18.9 Å². The average molecular weight is 215 g/mol. The second-order valence-corrected chi connectivity index (χ2v) is 4.74. The average Bonchev–Trinajstić information content (AvgIpc) is 2.94. The van der Waals surface area contributed by atoms with E-state index in [-0.39, 0.29) is 0 Å². The van der Waals surface area contributed by atoms with Crippen LogP contribution in [0, 0.1) is 23.2 Å². The van der Waals surface area contributed by atoms with Crippen LogP contribution in [0.25, 0.3) is 0 Å². The Hall–Kier alpha value is -1.69. The Morgan fingerprint density at radius 2 is 2.25 bits per heavy atom. The maximum atomic E-state index is 8.86. The molecule has 0 aliphatic heterocycles. The SMILES string of the molecule is CC1CC1CN(C)c1cc(C#N)ccc1N. The van der Waals surface area contributed by atoms with E-state index in [2.05, 4.69) is 17.9 Å². The molecule has 16 heavy (non-hydrogen) atoms. The fraction of sp³-hybridized carbons (Fsp3) is 0.462. The van der Waals surface area contributed by atoms with Gasteiger partial charge in [-0.05, 0) is 36.5 Å². The molecule has 0 spiro atoms. The summed E-state index contributed by atoms with van der Waals surface area (Å²) in [6, 6.07) is 7.57. The fourth-order valence-corrected chi connectivity index (χ4v) is 2.05. The highest BCUT2D eigenvalue weighted by Crippen LogP contribution is 2.39. The third-order valence-electron chi connectivity index (χ3n) is 3.36. The van der Waals surface area contributed by atoms with Gasteiger partial charge in [-0.1, -0.05) is 6.92 Å². The first kappa shape index (κ1) is 10.8. The quantitative estimate of drug-likeness (QED) is 0.787. The molecular weight excluding hydrogens is 198 g/mol. The maximum Gasteiger partial charge on any atom is 0.0992 e. The second kappa shape index (κ2) is 4.05. The van der Waals surface area contributed by atoms with Crippen molar-refractivity contribution in [3.63, 3.8) is 0 Å². The number of hydrogen-bond donors (Lipinski definition) is 1. The van der Waals surface area contributed by atoms with E-state index in [9.17, 15) is 0 Å². The summed E-state index contributed by atoms with van der Waals surface area (Å²) in [5.74, 6) is 1.62. The number of rotatable bonds is 3. The van der Waals surface area contributed by atoms with Crippen LogP contribution < -0.4 is 10.6 Å². The fourth-order valence-electron chi connectivity index (χ4n) is 2.05. The molecule has 3 heteroatoms. The van der Waals surface area contributed by atoms with Gasteiger partial charge in [0.25, 0.3) is 0 Å². The molecule has 1 aliphatic rings. The molecule has 1 aromatic carbocycles. The molecular formula is C13H17N3. The molecule has 0 heterocycles. The van der Waals surface area contributed by atoms with Crippen LogP contribution in [-0.4, -0.2) is 13.6 Å². The van der Waals surface area contributed by atoms with E-state index in [1.54, 1.807) is 12.1 Å². The van der Waals surface area contributed by atoms with Gasteiger partial charge in [-0.2, -0.15) is 5.26 Å². The molecule has 2 unspecified atom stereocenters. The van der Waals surface area contributed by atoms with Gasteiger partial charge < -0.3 is 10.6 Å². The van der Waals surface area contributed by atoms with Gasteiger partial charge in [0.1, 0.15) is 0 Å². The Balaban J connectivity index is 2.15. The predicted octanol–water partition coefficient (Wildman–Crippen LogP) is 2.23. The third kappa shape index (κ3) is 2.11. The molecule has 0 aromatic heterocycles. The summed E-state index contributed by atoms with van der Waals surface area (Å²) in [5.41, 5.74) is 8.31. The van der Waals surface area contributed by atoms with Crippen molar-refractivity contribution in [2.75, 3.05) is 24.2 Å². The Kier molecular flexibility index (Phi) is 2.74. The number of hydrogen-bond acceptors (Lipinski definition) is 3. The first-order chi connectivity index (χ1) is 7.61. The monoisotopic (exact) mass is 215 g/mol. The lowest BCUT2D eigenvalue weighted by Gasteiger charge is -2.21. The Morgan fingerprint density at radius 1 is 1.56 bits per heavy atom. The molecule has 1 fully saturated rings. The van der Waals surface area contributed by atoms with E-state index < -0.39 is 0 Å². The molecule has 2 rings (SSSR count). The van der Waals surface area contributed by atoms with Crippen molar-refractivity contribution in [2.24, 2.45) is 11.8 Å². The number of nitrogens with zero attached hydrogens (tertiary/aromatic N) is 2. The van der Waals surface area contributed by atoms with Crippen molar-refractivity contribution < 1.29 is 0 Å². The number of nitriles is 1. The van der Waals surface area contributed by atoms with Crippen LogP contribution in [0.3, 0.4) is 0 Å². The first-order valence-corrected chi connectivity index (χ1v) is 5.62. The lowest BCUT2D eigenvalue weighted by Crippen LogP contribution is -2.21. The number of benzene rings is 1. The topological polar surface area (TPSA) is 53.0 Å². The molecule has 1 aliphatic carbocycles. The van der Waals surface area contributed by atoms with E-state index in [1.165, 1.54) is 6.42 Å². The summed E-state index contributed by atoms with van der Waals surface area (Å²) in [7, 11) is 2.04. The van der Waals surface area contributed by atoms with E-state index in [0.717, 1.165) is 29.8 Å². The summed E-state index contributed by atoms with van der Waals surface area (Å²) >= 11 is 0. The van der Waals surface area contributed by atoms with Gasteiger partial charge in [0, 0.05) is 13.6 Å². The maximum absolute atomic E-state index is 8.86. The van der Waals surface area contributed by atoms with E-state index >= 15 is 0 Å². The van der Waals surface area contributed by atoms with Crippen LogP contribution >= 0.6 is 0 Å². The molecule has 1 aromatic rings. The van der Waals surface area contributed by atoms with Crippen molar-refractivity contribution in [3.05, 3.63) is 23.8 Å². The van der Waals surface area contributed by atoms with Crippen molar-refractivity contribution in [2.45, 2.75) is 13.3 Å². The zero-order valence-electron chi connectivity index (χ0n) is 9.77. The highest BCUT2D eigenvalue weighted by atomic mass is 15.1. The summed E-state index contributed by atoms with van der Waals surface area (Å²) in [6.45, 7) is 3.30. The lowest BCUT2D eigenvalue weighted by atomic mass is 10.1. The summed E-state index contributed by atoms with van der Waals surface area (Å²) in [4.78, 5) is 2.16. The van der Waals surface area contributed by atoms with Gasteiger partial charge in [-0.3, -0.25) is 0 Å². The van der Waals surface area contributed by atoms with Gasteiger partial charge in [0.05, 0.1) is 23.0 Å². The normalized spacial score (nSPS) is 22.6. The van der Waals surface area contributed by atoms with Crippen LogP contribution in [0.2, 0.25) is 0 Å².